The van der Waals surface area contributed by atoms with Gasteiger partial charge in [0.15, 0.2) is 0 Å². The lowest BCUT2D eigenvalue weighted by molar-refractivity contribution is -0.114. The summed E-state index contributed by atoms with van der Waals surface area (Å²) in [5.74, 6) is 1.53. The van der Waals surface area contributed by atoms with Crippen molar-refractivity contribution in [2.75, 3.05) is 25.6 Å². The number of hydrogen-bond donors (Lipinski definition) is 2. The van der Waals surface area contributed by atoms with E-state index in [4.69, 9.17) is 14.5 Å². The number of hydrogen-bond acceptors (Lipinski definition) is 6. The first kappa shape index (κ1) is 23.7. The number of nitrogens with zero attached hydrogens (tertiary/aromatic N) is 3. The summed E-state index contributed by atoms with van der Waals surface area (Å²) in [6.45, 7) is 2.31. The van der Waals surface area contributed by atoms with E-state index in [-0.39, 0.29) is 11.8 Å². The van der Waals surface area contributed by atoms with Gasteiger partial charge < -0.3 is 24.7 Å². The number of ether oxygens (including phenoxy) is 2. The quantitative estimate of drug-likeness (QED) is 0.358. The van der Waals surface area contributed by atoms with Crippen molar-refractivity contribution < 1.29 is 19.1 Å². The Bertz CT molecular complexity index is 1350. The lowest BCUT2D eigenvalue weighted by Crippen LogP contribution is -2.25. The van der Waals surface area contributed by atoms with Crippen molar-refractivity contribution >= 4 is 28.5 Å². The van der Waals surface area contributed by atoms with Gasteiger partial charge in [-0.3, -0.25) is 14.6 Å². The van der Waals surface area contributed by atoms with Crippen molar-refractivity contribution in [2.24, 2.45) is 7.05 Å². The molecule has 0 aliphatic carbocycles. The van der Waals surface area contributed by atoms with Crippen LogP contribution in [0.5, 0.6) is 11.5 Å². The summed E-state index contributed by atoms with van der Waals surface area (Å²) < 4.78 is 13.0. The Labute approximate surface area is 203 Å². The molecule has 2 heterocycles. The Morgan fingerprint density at radius 2 is 1.94 bits per heavy atom. The molecule has 2 N–H and O–H groups in total. The van der Waals surface area contributed by atoms with Crippen molar-refractivity contribution in [3.05, 3.63) is 66.5 Å². The maximum Gasteiger partial charge on any atom is 0.251 e. The van der Waals surface area contributed by atoms with Crippen LogP contribution in [0.25, 0.3) is 22.4 Å². The first-order valence-corrected chi connectivity index (χ1v) is 11.2. The van der Waals surface area contributed by atoms with Crippen LogP contribution in [0.3, 0.4) is 0 Å². The maximum absolute atomic E-state index is 12.9. The van der Waals surface area contributed by atoms with Crippen molar-refractivity contribution in [2.45, 2.75) is 13.3 Å². The number of carbonyl (C=O) groups excluding carboxylic acids is 2. The van der Waals surface area contributed by atoms with Crippen LogP contribution in [0.1, 0.15) is 23.7 Å². The third kappa shape index (κ3) is 5.40. The van der Waals surface area contributed by atoms with Gasteiger partial charge in [0, 0.05) is 32.3 Å². The lowest BCUT2D eigenvalue weighted by Gasteiger charge is -2.11. The number of methoxy groups -OCH3 is 1. The molecule has 0 unspecified atom stereocenters. The highest BCUT2D eigenvalue weighted by atomic mass is 16.5. The summed E-state index contributed by atoms with van der Waals surface area (Å²) in [6.07, 6.45) is 3.95. The number of anilines is 1. The number of rotatable bonds is 9. The third-order valence-electron chi connectivity index (χ3n) is 5.40. The predicted molar refractivity (Wildman–Crippen MR) is 134 cm³/mol. The Balaban J connectivity index is 1.56. The first-order chi connectivity index (χ1) is 17.0. The fourth-order valence-corrected chi connectivity index (χ4v) is 3.84. The number of para-hydroxylation sites is 1. The maximum atomic E-state index is 12.9. The molecule has 9 heteroatoms. The SMILES string of the molecule is COc1ccccc1-c1nc2cc(C(=O)NCCCOc3cccnc3)cc(NC(C)=O)c2n1C. The summed E-state index contributed by atoms with van der Waals surface area (Å²) >= 11 is 0. The van der Waals surface area contributed by atoms with E-state index < -0.39 is 0 Å². The van der Waals surface area contributed by atoms with Crippen molar-refractivity contribution in [3.8, 4) is 22.9 Å². The van der Waals surface area contributed by atoms with E-state index in [1.54, 1.807) is 37.7 Å². The fourth-order valence-electron chi connectivity index (χ4n) is 3.84. The van der Waals surface area contributed by atoms with Gasteiger partial charge in [0.05, 0.1) is 42.2 Å². The molecular formula is C26H27N5O4. The molecule has 0 atom stereocenters. The molecule has 0 fully saturated rings. The van der Waals surface area contributed by atoms with Gasteiger partial charge in [0.2, 0.25) is 5.91 Å². The Morgan fingerprint density at radius 1 is 1.11 bits per heavy atom. The smallest absolute Gasteiger partial charge is 0.251 e. The zero-order valence-electron chi connectivity index (χ0n) is 19.9. The molecule has 35 heavy (non-hydrogen) atoms. The zero-order valence-corrected chi connectivity index (χ0v) is 19.9. The molecule has 4 rings (SSSR count). The minimum Gasteiger partial charge on any atom is -0.496 e. The van der Waals surface area contributed by atoms with Gasteiger partial charge >= 0.3 is 0 Å². The molecule has 2 aromatic carbocycles. The number of fused-ring (bicyclic) bond motifs is 1. The molecule has 2 aromatic heterocycles. The van der Waals surface area contributed by atoms with Crippen LogP contribution in [0.4, 0.5) is 5.69 Å². The van der Waals surface area contributed by atoms with Crippen molar-refractivity contribution in [3.63, 3.8) is 0 Å². The van der Waals surface area contributed by atoms with E-state index >= 15 is 0 Å². The van der Waals surface area contributed by atoms with E-state index in [0.717, 1.165) is 5.56 Å². The predicted octanol–water partition coefficient (Wildman–Crippen LogP) is 3.80. The summed E-state index contributed by atoms with van der Waals surface area (Å²) in [6, 6.07) is 14.6. The normalized spacial score (nSPS) is 10.7. The van der Waals surface area contributed by atoms with Gasteiger partial charge in [0.25, 0.3) is 5.91 Å². The number of amides is 2. The van der Waals surface area contributed by atoms with Crippen LogP contribution >= 0.6 is 0 Å². The summed E-state index contributed by atoms with van der Waals surface area (Å²) in [5, 5.41) is 5.73. The Kier molecular flexibility index (Phi) is 7.25. The molecule has 0 saturated heterocycles. The number of pyridine rings is 1. The lowest BCUT2D eigenvalue weighted by atomic mass is 10.1. The number of nitrogens with one attached hydrogen (secondary N) is 2. The summed E-state index contributed by atoms with van der Waals surface area (Å²) in [7, 11) is 3.47. The highest BCUT2D eigenvalue weighted by Crippen LogP contribution is 2.34. The van der Waals surface area contributed by atoms with Crippen molar-refractivity contribution in [1.29, 1.82) is 0 Å². The third-order valence-corrected chi connectivity index (χ3v) is 5.40. The minimum atomic E-state index is -0.260. The molecule has 0 radical (unpaired) electrons. The van der Waals surface area contributed by atoms with Crippen LogP contribution < -0.4 is 20.1 Å². The Hall–Kier alpha value is -4.40. The van der Waals surface area contributed by atoms with E-state index in [0.29, 0.717) is 59.2 Å². The highest BCUT2D eigenvalue weighted by Gasteiger charge is 2.19. The average Bonchev–Trinajstić information content (AvgIpc) is 3.20. The van der Waals surface area contributed by atoms with Gasteiger partial charge in [-0.05, 0) is 42.8 Å². The average molecular weight is 474 g/mol. The second-order valence-corrected chi connectivity index (χ2v) is 7.91. The number of benzene rings is 2. The van der Waals surface area contributed by atoms with Gasteiger partial charge in [-0.2, -0.15) is 0 Å². The standard InChI is InChI=1S/C26H27N5O4/c1-17(32)29-21-14-18(26(33)28-12-7-13-35-19-8-6-11-27-16-19)15-22-24(21)31(2)25(30-22)20-9-4-5-10-23(20)34-3/h4-6,8-11,14-16H,7,12-13H2,1-3H3,(H,28,33)(H,29,32). The number of carbonyl (C=O) groups is 2. The first-order valence-electron chi connectivity index (χ1n) is 11.2. The van der Waals surface area contributed by atoms with Crippen LogP contribution in [0, 0.1) is 0 Å². The fraction of sp³-hybridized carbons (Fsp3) is 0.231. The van der Waals surface area contributed by atoms with E-state index in [1.165, 1.54) is 6.92 Å². The molecule has 0 aliphatic heterocycles. The molecular weight excluding hydrogens is 446 g/mol. The van der Waals surface area contributed by atoms with Gasteiger partial charge in [-0.1, -0.05) is 12.1 Å². The Morgan fingerprint density at radius 3 is 2.69 bits per heavy atom. The second-order valence-electron chi connectivity index (χ2n) is 7.91. The molecule has 2 amide bonds. The monoisotopic (exact) mass is 473 g/mol. The van der Waals surface area contributed by atoms with Crippen molar-refractivity contribution in [1.82, 2.24) is 19.9 Å². The molecule has 9 nitrogen and oxygen atoms in total. The summed E-state index contributed by atoms with van der Waals surface area (Å²) in [4.78, 5) is 33.6. The largest absolute Gasteiger partial charge is 0.496 e. The van der Waals surface area contributed by atoms with E-state index in [9.17, 15) is 9.59 Å². The minimum absolute atomic E-state index is 0.239. The summed E-state index contributed by atoms with van der Waals surface area (Å²) in [5.41, 5.74) is 3.02. The van der Waals surface area contributed by atoms with Gasteiger partial charge in [-0.15, -0.1) is 0 Å². The van der Waals surface area contributed by atoms with Crippen LogP contribution in [-0.4, -0.2) is 46.6 Å². The zero-order chi connectivity index (χ0) is 24.8. The number of aromatic nitrogens is 3. The van der Waals surface area contributed by atoms with Crippen LogP contribution in [0.15, 0.2) is 60.9 Å². The molecule has 0 bridgehead atoms. The topological polar surface area (TPSA) is 107 Å². The molecule has 0 spiro atoms. The van der Waals surface area contributed by atoms with E-state index in [2.05, 4.69) is 15.6 Å². The van der Waals surface area contributed by atoms with E-state index in [1.807, 2.05) is 41.9 Å². The van der Waals surface area contributed by atoms with Gasteiger partial charge in [0.1, 0.15) is 17.3 Å². The molecule has 0 aliphatic rings. The van der Waals surface area contributed by atoms with Crippen LogP contribution in [-0.2, 0) is 11.8 Å². The highest BCUT2D eigenvalue weighted by molar-refractivity contribution is 6.05. The van der Waals surface area contributed by atoms with Crippen LogP contribution in [0.2, 0.25) is 0 Å². The molecule has 180 valence electrons. The number of aryl methyl sites for hydroxylation is 1. The number of imidazole rings is 1. The second kappa shape index (κ2) is 10.7. The molecule has 0 saturated carbocycles. The van der Waals surface area contributed by atoms with Gasteiger partial charge in [-0.25, -0.2) is 4.98 Å². The molecule has 4 aromatic rings.